The monoisotopic (exact) mass is 368 g/mol. The predicted octanol–water partition coefficient (Wildman–Crippen LogP) is 1.65. The van der Waals surface area contributed by atoms with Crippen LogP contribution >= 0.6 is 0 Å². The van der Waals surface area contributed by atoms with Gasteiger partial charge in [-0.25, -0.2) is 4.68 Å². The third-order valence-corrected chi connectivity index (χ3v) is 4.07. The molecule has 0 aliphatic rings. The van der Waals surface area contributed by atoms with Crippen LogP contribution in [-0.2, 0) is 16.8 Å². The lowest BCUT2D eigenvalue weighted by atomic mass is 10.1. The van der Waals surface area contributed by atoms with Gasteiger partial charge in [0.25, 0.3) is 5.56 Å². The van der Waals surface area contributed by atoms with Gasteiger partial charge < -0.3 is 10.6 Å². The molecular weight excluding hydrogens is 344 g/mol. The van der Waals surface area contributed by atoms with Gasteiger partial charge in [-0.2, -0.15) is 10.1 Å². The van der Waals surface area contributed by atoms with E-state index in [2.05, 4.69) is 25.7 Å². The van der Waals surface area contributed by atoms with Crippen LogP contribution < -0.4 is 16.2 Å². The molecule has 3 N–H and O–H groups in total. The van der Waals surface area contributed by atoms with Gasteiger partial charge in [-0.3, -0.25) is 14.6 Å². The number of nitrogens with one attached hydrogen (secondary N) is 3. The summed E-state index contributed by atoms with van der Waals surface area (Å²) in [5, 5.41) is 10.4. The van der Waals surface area contributed by atoms with E-state index in [9.17, 15) is 9.59 Å². The number of fused-ring (bicyclic) bond motifs is 1. The maximum absolute atomic E-state index is 12.2. The highest BCUT2D eigenvalue weighted by molar-refractivity contribution is 5.80. The minimum atomic E-state index is -0.311. The second-order valence-corrected chi connectivity index (χ2v) is 7.32. The molecule has 0 bridgehead atoms. The quantitative estimate of drug-likeness (QED) is 0.614. The first-order valence-electron chi connectivity index (χ1n) is 8.87. The number of aromatic amines is 1. The van der Waals surface area contributed by atoms with Crippen molar-refractivity contribution in [2.24, 2.45) is 0 Å². The van der Waals surface area contributed by atoms with Crippen molar-refractivity contribution < 1.29 is 4.79 Å². The van der Waals surface area contributed by atoms with Crippen LogP contribution in [0.4, 0.5) is 5.95 Å². The molecule has 0 saturated heterocycles. The molecule has 0 radical (unpaired) electrons. The van der Waals surface area contributed by atoms with Crippen LogP contribution in [0.25, 0.3) is 11.0 Å². The first kappa shape index (κ1) is 18.6. The van der Waals surface area contributed by atoms with Crippen LogP contribution in [0.5, 0.6) is 0 Å². The fraction of sp³-hybridized carbons (Fsp3) is 0.368. The Hall–Kier alpha value is -3.16. The van der Waals surface area contributed by atoms with Crippen LogP contribution in [0.2, 0.25) is 0 Å². The van der Waals surface area contributed by atoms with Crippen molar-refractivity contribution >= 4 is 22.9 Å². The molecule has 8 nitrogen and oxygen atoms in total. The molecule has 0 aliphatic carbocycles. The minimum Gasteiger partial charge on any atom is -0.354 e. The number of hydrogen-bond acceptors (Lipinski definition) is 5. The number of carbonyl (C=O) groups excluding carboxylic acids is 1. The molecule has 0 unspecified atom stereocenters. The standard InChI is InChI=1S/C19H24N6O2/c1-19(2,3)25-16-14(11-22-25)17(27)24-18(23-16)21-12-15(26)20-10-9-13-7-5-4-6-8-13/h4-8,11H,9-10,12H2,1-3H3,(H,20,26)(H2,21,23,24,27). The number of hydrogen-bond donors (Lipinski definition) is 3. The van der Waals surface area contributed by atoms with E-state index in [4.69, 9.17) is 0 Å². The summed E-state index contributed by atoms with van der Waals surface area (Å²) in [7, 11) is 0. The van der Waals surface area contributed by atoms with E-state index in [1.165, 1.54) is 6.20 Å². The molecule has 2 heterocycles. The largest absolute Gasteiger partial charge is 0.354 e. The topological polar surface area (TPSA) is 105 Å². The lowest BCUT2D eigenvalue weighted by molar-refractivity contribution is -0.119. The molecule has 0 atom stereocenters. The van der Waals surface area contributed by atoms with Crippen molar-refractivity contribution in [1.29, 1.82) is 0 Å². The molecule has 0 saturated carbocycles. The van der Waals surface area contributed by atoms with Crippen LogP contribution in [-0.4, -0.2) is 38.7 Å². The zero-order chi connectivity index (χ0) is 19.4. The fourth-order valence-corrected chi connectivity index (χ4v) is 2.71. The molecule has 142 valence electrons. The number of benzene rings is 1. The Morgan fingerprint density at radius 1 is 1.22 bits per heavy atom. The van der Waals surface area contributed by atoms with Crippen molar-refractivity contribution in [3.63, 3.8) is 0 Å². The normalized spacial score (nSPS) is 11.5. The van der Waals surface area contributed by atoms with E-state index in [-0.39, 0.29) is 29.5 Å². The molecule has 0 fully saturated rings. The summed E-state index contributed by atoms with van der Waals surface area (Å²) < 4.78 is 1.70. The highest BCUT2D eigenvalue weighted by Gasteiger charge is 2.19. The maximum atomic E-state index is 12.2. The van der Waals surface area contributed by atoms with E-state index < -0.39 is 0 Å². The van der Waals surface area contributed by atoms with Crippen LogP contribution in [0.1, 0.15) is 26.3 Å². The Morgan fingerprint density at radius 3 is 2.67 bits per heavy atom. The average molecular weight is 368 g/mol. The number of rotatable bonds is 6. The SMILES string of the molecule is CC(C)(C)n1ncc2c(=O)[nH]c(NCC(=O)NCCc3ccccc3)nc21. The number of amides is 1. The Balaban J connectivity index is 1.61. The molecule has 2 aromatic heterocycles. The summed E-state index contributed by atoms with van der Waals surface area (Å²) in [6, 6.07) is 9.94. The fourth-order valence-electron chi connectivity index (χ4n) is 2.71. The van der Waals surface area contributed by atoms with E-state index in [1.807, 2.05) is 51.1 Å². The van der Waals surface area contributed by atoms with Crippen molar-refractivity contribution in [3.8, 4) is 0 Å². The Kier molecular flexibility index (Phi) is 5.25. The van der Waals surface area contributed by atoms with E-state index in [0.717, 1.165) is 12.0 Å². The first-order valence-corrected chi connectivity index (χ1v) is 8.87. The van der Waals surface area contributed by atoms with Gasteiger partial charge in [-0.15, -0.1) is 0 Å². The summed E-state index contributed by atoms with van der Waals surface area (Å²) in [4.78, 5) is 31.3. The van der Waals surface area contributed by atoms with Gasteiger partial charge >= 0.3 is 0 Å². The number of carbonyl (C=O) groups is 1. The molecule has 1 amide bonds. The second-order valence-electron chi connectivity index (χ2n) is 7.32. The smallest absolute Gasteiger partial charge is 0.263 e. The van der Waals surface area contributed by atoms with Crippen molar-refractivity contribution in [3.05, 3.63) is 52.4 Å². The zero-order valence-electron chi connectivity index (χ0n) is 15.7. The Labute approximate surface area is 157 Å². The van der Waals surface area contributed by atoms with Crippen molar-refractivity contribution in [2.45, 2.75) is 32.7 Å². The van der Waals surface area contributed by atoms with Crippen molar-refractivity contribution in [1.82, 2.24) is 25.1 Å². The minimum absolute atomic E-state index is 0.0207. The van der Waals surface area contributed by atoms with Crippen molar-refractivity contribution in [2.75, 3.05) is 18.4 Å². The van der Waals surface area contributed by atoms with Crippen LogP contribution in [0.15, 0.2) is 41.3 Å². The Morgan fingerprint density at radius 2 is 1.96 bits per heavy atom. The summed E-state index contributed by atoms with van der Waals surface area (Å²) in [6.07, 6.45) is 2.27. The lowest BCUT2D eigenvalue weighted by Gasteiger charge is -2.19. The molecule has 3 aromatic rings. The number of aromatic nitrogens is 4. The second kappa shape index (κ2) is 7.61. The molecule has 8 heteroatoms. The zero-order valence-corrected chi connectivity index (χ0v) is 15.7. The number of H-pyrrole nitrogens is 1. The average Bonchev–Trinajstić information content (AvgIpc) is 3.06. The van der Waals surface area contributed by atoms with Gasteiger partial charge in [0.15, 0.2) is 5.65 Å². The number of nitrogens with zero attached hydrogens (tertiary/aromatic N) is 3. The summed E-state index contributed by atoms with van der Waals surface area (Å²) in [6.45, 7) is 6.51. The van der Waals surface area contributed by atoms with E-state index in [0.29, 0.717) is 17.6 Å². The third-order valence-electron chi connectivity index (χ3n) is 4.07. The summed E-state index contributed by atoms with van der Waals surface area (Å²) >= 11 is 0. The molecule has 0 aliphatic heterocycles. The van der Waals surface area contributed by atoms with Gasteiger partial charge in [0, 0.05) is 6.54 Å². The lowest BCUT2D eigenvalue weighted by Crippen LogP contribution is -2.32. The van der Waals surface area contributed by atoms with Gasteiger partial charge in [0.2, 0.25) is 11.9 Å². The van der Waals surface area contributed by atoms with Crippen LogP contribution in [0, 0.1) is 0 Å². The molecule has 1 aromatic carbocycles. The number of anilines is 1. The van der Waals surface area contributed by atoms with Gasteiger partial charge in [-0.1, -0.05) is 30.3 Å². The molecular formula is C19H24N6O2. The van der Waals surface area contributed by atoms with Gasteiger partial charge in [0.1, 0.15) is 5.39 Å². The van der Waals surface area contributed by atoms with Gasteiger partial charge in [0.05, 0.1) is 18.3 Å². The summed E-state index contributed by atoms with van der Waals surface area (Å²) in [5.41, 5.74) is 1.05. The van der Waals surface area contributed by atoms with E-state index >= 15 is 0 Å². The summed E-state index contributed by atoms with van der Waals surface area (Å²) in [5.74, 6) is 0.0784. The molecule has 0 spiro atoms. The van der Waals surface area contributed by atoms with E-state index in [1.54, 1.807) is 4.68 Å². The van der Waals surface area contributed by atoms with Crippen LogP contribution in [0.3, 0.4) is 0 Å². The Bertz CT molecular complexity index is 985. The highest BCUT2D eigenvalue weighted by atomic mass is 16.2. The maximum Gasteiger partial charge on any atom is 0.263 e. The molecule has 27 heavy (non-hydrogen) atoms. The highest BCUT2D eigenvalue weighted by Crippen LogP contribution is 2.18. The first-order chi connectivity index (χ1) is 12.8. The van der Waals surface area contributed by atoms with Gasteiger partial charge in [-0.05, 0) is 32.8 Å². The molecule has 3 rings (SSSR count). The predicted molar refractivity (Wildman–Crippen MR) is 105 cm³/mol. The third kappa shape index (κ3) is 4.52.